The second-order valence-corrected chi connectivity index (χ2v) is 8.50. The highest BCUT2D eigenvalue weighted by molar-refractivity contribution is 7.99. The number of nitrogens with zero attached hydrogens (tertiary/aromatic N) is 1. The zero-order valence-electron chi connectivity index (χ0n) is 16.8. The SMILES string of the molecule is O=C(CCCN1C(=O)c2ccccc2C1=O)O[C@H]1CSC[C@H]1NC(=O)c1ccccc1. The van der Waals surface area contributed by atoms with Gasteiger partial charge in [0.2, 0.25) is 0 Å². The highest BCUT2D eigenvalue weighted by atomic mass is 32.2. The Morgan fingerprint density at radius 2 is 1.61 bits per heavy atom. The van der Waals surface area contributed by atoms with Crippen LogP contribution in [0.1, 0.15) is 43.9 Å². The van der Waals surface area contributed by atoms with E-state index in [1.54, 1.807) is 60.3 Å². The number of carbonyl (C=O) groups excluding carboxylic acids is 4. The Bertz CT molecular complexity index is 975. The van der Waals surface area contributed by atoms with Crippen LogP contribution >= 0.6 is 11.8 Å². The Hall–Kier alpha value is -3.13. The van der Waals surface area contributed by atoms with E-state index in [1.165, 1.54) is 4.90 Å². The van der Waals surface area contributed by atoms with Gasteiger partial charge in [-0.15, -0.1) is 0 Å². The van der Waals surface area contributed by atoms with Gasteiger partial charge >= 0.3 is 5.97 Å². The minimum absolute atomic E-state index is 0.0912. The van der Waals surface area contributed by atoms with E-state index < -0.39 is 12.1 Å². The van der Waals surface area contributed by atoms with E-state index in [0.717, 1.165) is 0 Å². The van der Waals surface area contributed by atoms with Crippen LogP contribution in [-0.4, -0.2) is 58.8 Å². The number of carbonyl (C=O) groups is 4. The van der Waals surface area contributed by atoms with Crippen LogP contribution in [0.4, 0.5) is 0 Å². The number of hydrogen-bond donors (Lipinski definition) is 1. The maximum atomic E-state index is 12.4. The molecule has 2 aliphatic rings. The van der Waals surface area contributed by atoms with E-state index in [9.17, 15) is 19.2 Å². The van der Waals surface area contributed by atoms with Crippen LogP contribution in [-0.2, 0) is 9.53 Å². The van der Waals surface area contributed by atoms with E-state index in [0.29, 0.717) is 34.6 Å². The van der Waals surface area contributed by atoms with Crippen LogP contribution in [0.2, 0.25) is 0 Å². The van der Waals surface area contributed by atoms with Gasteiger partial charge in [0.1, 0.15) is 6.10 Å². The quantitative estimate of drug-likeness (QED) is 0.528. The van der Waals surface area contributed by atoms with Crippen molar-refractivity contribution in [1.29, 1.82) is 0 Å². The summed E-state index contributed by atoms with van der Waals surface area (Å²) in [6.07, 6.45) is 0.0172. The third-order valence-electron chi connectivity index (χ3n) is 5.30. The van der Waals surface area contributed by atoms with Crippen molar-refractivity contribution in [3.63, 3.8) is 0 Å². The van der Waals surface area contributed by atoms with Crippen LogP contribution in [0.5, 0.6) is 0 Å². The van der Waals surface area contributed by atoms with Gasteiger partial charge in [-0.3, -0.25) is 24.1 Å². The first-order valence-corrected chi connectivity index (χ1v) is 11.3. The molecule has 0 aliphatic carbocycles. The molecule has 0 unspecified atom stereocenters. The molecule has 7 nitrogen and oxygen atoms in total. The summed E-state index contributed by atoms with van der Waals surface area (Å²) >= 11 is 1.62. The summed E-state index contributed by atoms with van der Waals surface area (Å²) < 4.78 is 5.58. The van der Waals surface area contributed by atoms with Crippen LogP contribution < -0.4 is 5.32 Å². The van der Waals surface area contributed by atoms with E-state index in [-0.39, 0.29) is 36.7 Å². The highest BCUT2D eigenvalue weighted by Gasteiger charge is 2.35. The molecule has 0 aromatic heterocycles. The molecule has 2 atom stereocenters. The van der Waals surface area contributed by atoms with E-state index in [4.69, 9.17) is 4.74 Å². The zero-order valence-corrected chi connectivity index (χ0v) is 17.6. The predicted molar refractivity (Wildman–Crippen MR) is 116 cm³/mol. The number of ether oxygens (including phenoxy) is 1. The van der Waals surface area contributed by atoms with Gasteiger partial charge in [-0.25, -0.2) is 0 Å². The summed E-state index contributed by atoms with van der Waals surface area (Å²) in [4.78, 5) is 50.6. The fourth-order valence-electron chi connectivity index (χ4n) is 3.68. The van der Waals surface area contributed by atoms with E-state index >= 15 is 0 Å². The first-order valence-electron chi connectivity index (χ1n) is 10.1. The molecule has 1 N–H and O–H groups in total. The number of hydrogen-bond acceptors (Lipinski definition) is 6. The molecule has 2 aromatic rings. The van der Waals surface area contributed by atoms with Crippen molar-refractivity contribution in [2.24, 2.45) is 0 Å². The zero-order chi connectivity index (χ0) is 21.8. The van der Waals surface area contributed by atoms with E-state index in [1.807, 2.05) is 6.07 Å². The monoisotopic (exact) mass is 438 g/mol. The molecule has 0 spiro atoms. The molecule has 1 saturated heterocycles. The number of esters is 1. The summed E-state index contributed by atoms with van der Waals surface area (Å²) in [6.45, 7) is 0.162. The molecule has 160 valence electrons. The Morgan fingerprint density at radius 1 is 0.968 bits per heavy atom. The molecule has 0 radical (unpaired) electrons. The molecular formula is C23H22N2O5S. The second kappa shape index (κ2) is 9.34. The number of nitrogens with one attached hydrogen (secondary N) is 1. The molecule has 1 fully saturated rings. The number of amides is 3. The third kappa shape index (κ3) is 4.64. The number of rotatable bonds is 7. The first kappa shape index (κ1) is 21.1. The lowest BCUT2D eigenvalue weighted by molar-refractivity contribution is -0.148. The molecular weight excluding hydrogens is 416 g/mol. The lowest BCUT2D eigenvalue weighted by Crippen LogP contribution is -2.44. The van der Waals surface area contributed by atoms with Gasteiger partial charge in [-0.2, -0.15) is 11.8 Å². The van der Waals surface area contributed by atoms with Crippen LogP contribution in [0.25, 0.3) is 0 Å². The van der Waals surface area contributed by atoms with Crippen LogP contribution in [0.3, 0.4) is 0 Å². The molecule has 2 heterocycles. The molecule has 3 amide bonds. The fourth-order valence-corrected chi connectivity index (χ4v) is 4.90. The minimum atomic E-state index is -0.400. The lowest BCUT2D eigenvalue weighted by Gasteiger charge is -2.21. The van der Waals surface area contributed by atoms with Crippen molar-refractivity contribution in [2.75, 3.05) is 18.1 Å². The van der Waals surface area contributed by atoms with Crippen LogP contribution in [0.15, 0.2) is 54.6 Å². The number of imide groups is 1. The number of benzene rings is 2. The Morgan fingerprint density at radius 3 is 2.29 bits per heavy atom. The fraction of sp³-hybridized carbons (Fsp3) is 0.304. The largest absolute Gasteiger partial charge is 0.459 e. The lowest BCUT2D eigenvalue weighted by atomic mass is 10.1. The van der Waals surface area contributed by atoms with Crippen molar-refractivity contribution < 1.29 is 23.9 Å². The maximum absolute atomic E-state index is 12.4. The topological polar surface area (TPSA) is 92.8 Å². The Kier molecular flexibility index (Phi) is 6.36. The molecule has 31 heavy (non-hydrogen) atoms. The highest BCUT2D eigenvalue weighted by Crippen LogP contribution is 2.24. The van der Waals surface area contributed by atoms with Crippen molar-refractivity contribution in [2.45, 2.75) is 25.0 Å². The van der Waals surface area contributed by atoms with Crippen LogP contribution in [0, 0.1) is 0 Å². The molecule has 4 rings (SSSR count). The minimum Gasteiger partial charge on any atom is -0.459 e. The van der Waals surface area contributed by atoms with Crippen molar-refractivity contribution in [1.82, 2.24) is 10.2 Å². The van der Waals surface area contributed by atoms with Gasteiger partial charge < -0.3 is 10.1 Å². The summed E-state index contributed by atoms with van der Waals surface area (Å²) in [5.41, 5.74) is 1.36. The number of fused-ring (bicyclic) bond motifs is 1. The standard InChI is InChI=1S/C23H22N2O5S/c26-20(11-6-12-25-22(28)16-9-4-5-10-17(16)23(25)29)30-19-14-31-13-18(19)24-21(27)15-7-2-1-3-8-15/h1-5,7-10,18-19H,6,11-14H2,(H,24,27)/t18-,19+/m1/s1. The average molecular weight is 439 g/mol. The summed E-state index contributed by atoms with van der Waals surface area (Å²) in [7, 11) is 0. The van der Waals surface area contributed by atoms with Gasteiger partial charge in [0.15, 0.2) is 0 Å². The molecule has 0 saturated carbocycles. The van der Waals surface area contributed by atoms with Crippen molar-refractivity contribution >= 4 is 35.5 Å². The van der Waals surface area contributed by atoms with Gasteiger partial charge in [-0.05, 0) is 30.7 Å². The Labute approximate surface area is 184 Å². The van der Waals surface area contributed by atoms with Gasteiger partial charge in [0.05, 0.1) is 17.2 Å². The normalized spacial score (nSPS) is 19.9. The van der Waals surface area contributed by atoms with Gasteiger partial charge in [0, 0.05) is 30.0 Å². The van der Waals surface area contributed by atoms with Gasteiger partial charge in [0.25, 0.3) is 17.7 Å². The number of thioether (sulfide) groups is 1. The van der Waals surface area contributed by atoms with Crippen molar-refractivity contribution in [3.05, 3.63) is 71.3 Å². The molecule has 2 aliphatic heterocycles. The molecule has 8 heteroatoms. The average Bonchev–Trinajstić information content (AvgIpc) is 3.31. The second-order valence-electron chi connectivity index (χ2n) is 7.42. The smallest absolute Gasteiger partial charge is 0.306 e. The maximum Gasteiger partial charge on any atom is 0.306 e. The molecule has 0 bridgehead atoms. The summed E-state index contributed by atoms with van der Waals surface area (Å²) in [5.74, 6) is 0.0349. The third-order valence-corrected chi connectivity index (χ3v) is 6.46. The van der Waals surface area contributed by atoms with Crippen molar-refractivity contribution in [3.8, 4) is 0 Å². The van der Waals surface area contributed by atoms with Gasteiger partial charge in [-0.1, -0.05) is 30.3 Å². The summed E-state index contributed by atoms with van der Waals surface area (Å²) in [6, 6.07) is 15.3. The van der Waals surface area contributed by atoms with E-state index in [2.05, 4.69) is 5.32 Å². The summed E-state index contributed by atoms with van der Waals surface area (Å²) in [5, 5.41) is 2.94. The molecule has 2 aromatic carbocycles. The first-order chi connectivity index (χ1) is 15.0. The predicted octanol–water partition coefficient (Wildman–Crippen LogP) is 2.52. The Balaban J connectivity index is 1.25.